The van der Waals surface area contributed by atoms with Crippen molar-refractivity contribution in [2.24, 2.45) is 5.92 Å². The molecular formula is C15H24N4O2. The van der Waals surface area contributed by atoms with E-state index in [9.17, 15) is 9.59 Å². The predicted octanol–water partition coefficient (Wildman–Crippen LogP) is 1.53. The van der Waals surface area contributed by atoms with Crippen molar-refractivity contribution in [3.63, 3.8) is 0 Å². The molecule has 0 N–H and O–H groups in total. The summed E-state index contributed by atoms with van der Waals surface area (Å²) in [6.07, 6.45) is 2.34. The van der Waals surface area contributed by atoms with Crippen molar-refractivity contribution in [3.05, 3.63) is 17.7 Å². The van der Waals surface area contributed by atoms with Crippen molar-refractivity contribution < 1.29 is 9.59 Å². The molecule has 116 valence electrons. The number of rotatable bonds is 3. The van der Waals surface area contributed by atoms with Gasteiger partial charge >= 0.3 is 0 Å². The van der Waals surface area contributed by atoms with E-state index in [1.807, 2.05) is 30.2 Å². The molecule has 1 aromatic rings. The first-order valence-corrected chi connectivity index (χ1v) is 7.39. The van der Waals surface area contributed by atoms with Gasteiger partial charge in [0.15, 0.2) is 0 Å². The number of carbonyl (C=O) groups excluding carboxylic acids is 2. The van der Waals surface area contributed by atoms with Gasteiger partial charge in [0.05, 0.1) is 6.04 Å². The van der Waals surface area contributed by atoms with Crippen molar-refractivity contribution >= 4 is 11.8 Å². The normalized spacial score (nSPS) is 17.8. The number of amides is 2. The molecule has 21 heavy (non-hydrogen) atoms. The van der Waals surface area contributed by atoms with Crippen molar-refractivity contribution in [1.82, 2.24) is 19.4 Å². The molecule has 1 aromatic heterocycles. The third kappa shape index (κ3) is 3.09. The zero-order chi connectivity index (χ0) is 15.7. The van der Waals surface area contributed by atoms with Gasteiger partial charge < -0.3 is 14.4 Å². The van der Waals surface area contributed by atoms with Gasteiger partial charge in [0.25, 0.3) is 5.91 Å². The van der Waals surface area contributed by atoms with Gasteiger partial charge in [-0.3, -0.25) is 9.59 Å². The lowest BCUT2D eigenvalue weighted by Crippen LogP contribution is -2.41. The first-order chi connectivity index (χ1) is 9.81. The minimum absolute atomic E-state index is 0.0892. The summed E-state index contributed by atoms with van der Waals surface area (Å²) >= 11 is 0. The third-order valence-electron chi connectivity index (χ3n) is 3.76. The summed E-state index contributed by atoms with van der Waals surface area (Å²) in [6, 6.07) is -0.0892. The fraction of sp³-hybridized carbons (Fsp3) is 0.667. The number of carbonyl (C=O) groups is 2. The van der Waals surface area contributed by atoms with Gasteiger partial charge in [-0.15, -0.1) is 0 Å². The molecule has 0 aromatic carbocycles. The van der Waals surface area contributed by atoms with Gasteiger partial charge in [-0.05, 0) is 12.8 Å². The highest BCUT2D eigenvalue weighted by atomic mass is 16.2. The zero-order valence-corrected chi connectivity index (χ0v) is 13.5. The molecule has 0 fully saturated rings. The van der Waals surface area contributed by atoms with Gasteiger partial charge in [-0.25, -0.2) is 4.98 Å². The standard InChI is InChI=1S/C15H24N4O2/c1-10(2)8-13(20)19-7-6-18-9-12(15(21)17(4)5)16-14(18)11(19)3/h9-11H,6-8H2,1-5H3. The molecule has 0 saturated heterocycles. The van der Waals surface area contributed by atoms with E-state index >= 15 is 0 Å². The number of hydrogen-bond donors (Lipinski definition) is 0. The predicted molar refractivity (Wildman–Crippen MR) is 79.8 cm³/mol. The van der Waals surface area contributed by atoms with Crippen molar-refractivity contribution in [3.8, 4) is 0 Å². The Kier molecular flexibility index (Phi) is 4.34. The Labute approximate surface area is 125 Å². The first-order valence-electron chi connectivity index (χ1n) is 7.39. The maximum atomic E-state index is 12.3. The van der Waals surface area contributed by atoms with E-state index in [1.54, 1.807) is 20.3 Å². The van der Waals surface area contributed by atoms with Crippen LogP contribution in [0.3, 0.4) is 0 Å². The summed E-state index contributed by atoms with van der Waals surface area (Å²) in [5.74, 6) is 1.19. The second kappa shape index (κ2) is 5.87. The van der Waals surface area contributed by atoms with Crippen LogP contribution in [-0.4, -0.2) is 51.8 Å². The number of fused-ring (bicyclic) bond motifs is 1. The summed E-state index contributed by atoms with van der Waals surface area (Å²) in [6.45, 7) is 7.42. The van der Waals surface area contributed by atoms with Crippen LogP contribution in [0.1, 0.15) is 49.5 Å². The van der Waals surface area contributed by atoms with Crippen LogP contribution in [0.5, 0.6) is 0 Å². The Bertz CT molecular complexity index is 548. The smallest absolute Gasteiger partial charge is 0.273 e. The number of hydrogen-bond acceptors (Lipinski definition) is 3. The largest absolute Gasteiger partial charge is 0.343 e. The van der Waals surface area contributed by atoms with Gasteiger partial charge in [-0.2, -0.15) is 0 Å². The molecule has 6 heteroatoms. The van der Waals surface area contributed by atoms with Gasteiger partial charge in [-0.1, -0.05) is 13.8 Å². The summed E-state index contributed by atoms with van der Waals surface area (Å²) in [7, 11) is 3.42. The maximum Gasteiger partial charge on any atom is 0.273 e. The molecule has 1 aliphatic rings. The van der Waals surface area contributed by atoms with Crippen LogP contribution in [0.2, 0.25) is 0 Å². The molecule has 6 nitrogen and oxygen atoms in total. The van der Waals surface area contributed by atoms with Gasteiger partial charge in [0.1, 0.15) is 11.5 Å². The van der Waals surface area contributed by atoms with Crippen molar-refractivity contribution in [2.75, 3.05) is 20.6 Å². The van der Waals surface area contributed by atoms with E-state index < -0.39 is 0 Å². The Hall–Kier alpha value is -1.85. The van der Waals surface area contributed by atoms with Crippen LogP contribution in [0.4, 0.5) is 0 Å². The van der Waals surface area contributed by atoms with E-state index in [-0.39, 0.29) is 17.9 Å². The van der Waals surface area contributed by atoms with Crippen molar-refractivity contribution in [1.29, 1.82) is 0 Å². The summed E-state index contributed by atoms with van der Waals surface area (Å²) in [5.41, 5.74) is 0.444. The van der Waals surface area contributed by atoms with E-state index in [1.165, 1.54) is 4.90 Å². The summed E-state index contributed by atoms with van der Waals surface area (Å²) < 4.78 is 1.99. The highest BCUT2D eigenvalue weighted by molar-refractivity contribution is 5.91. The zero-order valence-electron chi connectivity index (χ0n) is 13.5. The molecule has 0 radical (unpaired) electrons. The van der Waals surface area contributed by atoms with Crippen LogP contribution in [0.15, 0.2) is 6.20 Å². The van der Waals surface area contributed by atoms with E-state index in [4.69, 9.17) is 0 Å². The van der Waals surface area contributed by atoms with Crippen LogP contribution >= 0.6 is 0 Å². The molecule has 2 amide bonds. The second-order valence-corrected chi connectivity index (χ2v) is 6.24. The lowest BCUT2D eigenvalue weighted by atomic mass is 10.1. The van der Waals surface area contributed by atoms with Gasteiger partial charge in [0.2, 0.25) is 5.91 Å². The summed E-state index contributed by atoms with van der Waals surface area (Å²) in [4.78, 5) is 32.1. The second-order valence-electron chi connectivity index (χ2n) is 6.24. The minimum Gasteiger partial charge on any atom is -0.343 e. The number of imidazole rings is 1. The average Bonchev–Trinajstić information content (AvgIpc) is 2.81. The molecule has 0 saturated carbocycles. The van der Waals surface area contributed by atoms with Crippen LogP contribution in [-0.2, 0) is 11.3 Å². The van der Waals surface area contributed by atoms with Crippen molar-refractivity contribution in [2.45, 2.75) is 39.8 Å². The fourth-order valence-electron chi connectivity index (χ4n) is 2.63. The highest BCUT2D eigenvalue weighted by Crippen LogP contribution is 2.26. The molecular weight excluding hydrogens is 268 g/mol. The molecule has 1 atom stereocenters. The van der Waals surface area contributed by atoms with E-state index in [2.05, 4.69) is 4.98 Å². The first kappa shape index (κ1) is 15.5. The molecule has 1 aliphatic heterocycles. The molecule has 1 unspecified atom stereocenters. The SMILES string of the molecule is CC(C)CC(=O)N1CCn2cc(C(=O)N(C)C)nc2C1C. The maximum absolute atomic E-state index is 12.3. The van der Waals surface area contributed by atoms with E-state index in [0.29, 0.717) is 31.1 Å². The Morgan fingerprint density at radius 3 is 2.62 bits per heavy atom. The van der Waals surface area contributed by atoms with E-state index in [0.717, 1.165) is 5.82 Å². The van der Waals surface area contributed by atoms with Crippen LogP contribution < -0.4 is 0 Å². The monoisotopic (exact) mass is 292 g/mol. The minimum atomic E-state index is -0.107. The highest BCUT2D eigenvalue weighted by Gasteiger charge is 2.30. The quantitative estimate of drug-likeness (QED) is 0.849. The molecule has 0 spiro atoms. The molecule has 0 aliphatic carbocycles. The Morgan fingerprint density at radius 1 is 1.38 bits per heavy atom. The fourth-order valence-corrected chi connectivity index (χ4v) is 2.63. The summed E-state index contributed by atoms with van der Waals surface area (Å²) in [5, 5.41) is 0. The van der Waals surface area contributed by atoms with Crippen LogP contribution in [0, 0.1) is 5.92 Å². The lowest BCUT2D eigenvalue weighted by molar-refractivity contribution is -0.135. The lowest BCUT2D eigenvalue weighted by Gasteiger charge is -2.34. The molecule has 0 bridgehead atoms. The Morgan fingerprint density at radius 2 is 2.05 bits per heavy atom. The van der Waals surface area contributed by atoms with Crippen LogP contribution in [0.25, 0.3) is 0 Å². The average molecular weight is 292 g/mol. The number of aromatic nitrogens is 2. The Balaban J connectivity index is 2.21. The topological polar surface area (TPSA) is 58.4 Å². The molecule has 2 rings (SSSR count). The van der Waals surface area contributed by atoms with Gasteiger partial charge in [0, 0.05) is 39.8 Å². The third-order valence-corrected chi connectivity index (χ3v) is 3.76. The molecule has 2 heterocycles. The number of nitrogens with zero attached hydrogens (tertiary/aromatic N) is 4.